The first kappa shape index (κ1) is 16.4. The number of aromatic nitrogens is 3. The summed E-state index contributed by atoms with van der Waals surface area (Å²) < 4.78 is 2.12. The Labute approximate surface area is 138 Å². The van der Waals surface area contributed by atoms with Gasteiger partial charge in [-0.05, 0) is 58.1 Å². The zero-order valence-electron chi connectivity index (χ0n) is 14.3. The molecule has 5 heteroatoms. The monoisotopic (exact) mass is 316 g/mol. The van der Waals surface area contributed by atoms with E-state index in [2.05, 4.69) is 32.7 Å². The molecule has 2 aromatic rings. The van der Waals surface area contributed by atoms with Crippen molar-refractivity contribution in [1.29, 1.82) is 0 Å². The highest BCUT2D eigenvalue weighted by Gasteiger charge is 2.22. The summed E-state index contributed by atoms with van der Waals surface area (Å²) in [5, 5.41) is 13.5. The second kappa shape index (κ2) is 7.41. The van der Waals surface area contributed by atoms with Crippen LogP contribution >= 0.6 is 0 Å². The third-order valence-electron chi connectivity index (χ3n) is 4.97. The minimum atomic E-state index is -0.0699. The average Bonchev–Trinajstić information content (AvgIpc) is 2.92. The summed E-state index contributed by atoms with van der Waals surface area (Å²) >= 11 is 0. The fraction of sp³-hybridized carbons (Fsp3) is 0.667. The van der Waals surface area contributed by atoms with Crippen molar-refractivity contribution >= 4 is 5.78 Å². The minimum Gasteiger partial charge on any atom is -0.393 e. The first-order valence-corrected chi connectivity index (χ1v) is 8.84. The van der Waals surface area contributed by atoms with Crippen LogP contribution in [-0.2, 0) is 6.54 Å². The Balaban J connectivity index is 1.48. The molecule has 2 atom stereocenters. The maximum Gasteiger partial charge on any atom is 0.234 e. The molecule has 5 nitrogen and oxygen atoms in total. The lowest BCUT2D eigenvalue weighted by molar-refractivity contribution is 0.0643. The summed E-state index contributed by atoms with van der Waals surface area (Å²) in [6.07, 6.45) is 8.74. The number of aryl methyl sites for hydroxylation is 2. The molecule has 3 rings (SSSR count). The first-order chi connectivity index (χ1) is 11.1. The summed E-state index contributed by atoms with van der Waals surface area (Å²) in [7, 11) is 0. The predicted octanol–water partition coefficient (Wildman–Crippen LogP) is 2.77. The zero-order chi connectivity index (χ0) is 16.2. The van der Waals surface area contributed by atoms with Gasteiger partial charge in [0.05, 0.1) is 18.0 Å². The molecule has 2 unspecified atom stereocenters. The van der Waals surface area contributed by atoms with E-state index in [0.717, 1.165) is 49.5 Å². The Morgan fingerprint density at radius 1 is 1.30 bits per heavy atom. The Morgan fingerprint density at radius 2 is 2.13 bits per heavy atom. The Morgan fingerprint density at radius 3 is 2.96 bits per heavy atom. The van der Waals surface area contributed by atoms with Crippen LogP contribution in [0.5, 0.6) is 0 Å². The van der Waals surface area contributed by atoms with Crippen molar-refractivity contribution in [3.8, 4) is 0 Å². The van der Waals surface area contributed by atoms with Gasteiger partial charge in [0.25, 0.3) is 0 Å². The van der Waals surface area contributed by atoms with Gasteiger partial charge in [-0.2, -0.15) is 0 Å². The molecule has 0 amide bonds. The number of rotatable bonds is 6. The maximum atomic E-state index is 10.0. The summed E-state index contributed by atoms with van der Waals surface area (Å²) in [5.74, 6) is 1.29. The van der Waals surface area contributed by atoms with Crippen LogP contribution in [0.3, 0.4) is 0 Å². The van der Waals surface area contributed by atoms with Gasteiger partial charge in [-0.25, -0.2) is 9.97 Å². The van der Waals surface area contributed by atoms with Crippen LogP contribution < -0.4 is 5.32 Å². The number of imidazole rings is 1. The molecule has 2 aromatic heterocycles. The van der Waals surface area contributed by atoms with Crippen molar-refractivity contribution in [3.63, 3.8) is 0 Å². The second-order valence-corrected chi connectivity index (χ2v) is 6.85. The largest absolute Gasteiger partial charge is 0.393 e. The molecule has 1 fully saturated rings. The van der Waals surface area contributed by atoms with Crippen molar-refractivity contribution in [2.75, 3.05) is 6.54 Å². The van der Waals surface area contributed by atoms with Gasteiger partial charge in [0.15, 0.2) is 0 Å². The molecule has 1 aliphatic carbocycles. The molecular formula is C18H28N4O. The topological polar surface area (TPSA) is 62.5 Å². The van der Waals surface area contributed by atoms with Crippen molar-refractivity contribution in [2.24, 2.45) is 5.92 Å². The molecule has 2 N–H and O–H groups in total. The van der Waals surface area contributed by atoms with Crippen LogP contribution in [-0.4, -0.2) is 32.1 Å². The van der Waals surface area contributed by atoms with E-state index in [-0.39, 0.29) is 6.10 Å². The standard InChI is InChI=1S/C18H28N4O/c1-13-10-14(2)22-16(12-20-18(22)21-13)11-19-9-5-7-15-6-3-4-8-17(15)23/h10,12,15,17,19,23H,3-9,11H2,1-2H3. The molecule has 0 aromatic carbocycles. The van der Waals surface area contributed by atoms with Crippen molar-refractivity contribution in [1.82, 2.24) is 19.7 Å². The zero-order valence-corrected chi connectivity index (χ0v) is 14.3. The van der Waals surface area contributed by atoms with Crippen molar-refractivity contribution in [2.45, 2.75) is 65.0 Å². The molecule has 0 aliphatic heterocycles. The van der Waals surface area contributed by atoms with Gasteiger partial charge in [0.2, 0.25) is 5.78 Å². The highest BCUT2D eigenvalue weighted by Crippen LogP contribution is 2.27. The van der Waals surface area contributed by atoms with Gasteiger partial charge < -0.3 is 10.4 Å². The number of nitrogens with one attached hydrogen (secondary N) is 1. The molecule has 2 heterocycles. The minimum absolute atomic E-state index is 0.0699. The van der Waals surface area contributed by atoms with Crippen molar-refractivity contribution in [3.05, 3.63) is 29.3 Å². The van der Waals surface area contributed by atoms with Gasteiger partial charge >= 0.3 is 0 Å². The maximum absolute atomic E-state index is 10.0. The van der Waals surface area contributed by atoms with Gasteiger partial charge in [-0.3, -0.25) is 4.40 Å². The second-order valence-electron chi connectivity index (χ2n) is 6.85. The quantitative estimate of drug-likeness (QED) is 0.805. The van der Waals surface area contributed by atoms with Crippen LogP contribution in [0.15, 0.2) is 12.3 Å². The average molecular weight is 316 g/mol. The molecule has 0 bridgehead atoms. The van der Waals surface area contributed by atoms with E-state index >= 15 is 0 Å². The van der Waals surface area contributed by atoms with E-state index in [4.69, 9.17) is 0 Å². The molecule has 0 radical (unpaired) electrons. The van der Waals surface area contributed by atoms with Gasteiger partial charge in [0.1, 0.15) is 0 Å². The fourth-order valence-corrected chi connectivity index (χ4v) is 3.75. The van der Waals surface area contributed by atoms with E-state index in [9.17, 15) is 5.11 Å². The van der Waals surface area contributed by atoms with Crippen LogP contribution in [0.25, 0.3) is 5.78 Å². The lowest BCUT2D eigenvalue weighted by atomic mass is 9.83. The van der Waals surface area contributed by atoms with Crippen LogP contribution in [0.1, 0.15) is 55.6 Å². The van der Waals surface area contributed by atoms with E-state index in [1.165, 1.54) is 25.0 Å². The highest BCUT2D eigenvalue weighted by atomic mass is 16.3. The number of hydrogen-bond acceptors (Lipinski definition) is 4. The molecule has 1 aliphatic rings. The SMILES string of the molecule is Cc1cc(C)n2c(CNCCCC3CCCCC3O)cnc2n1. The molecule has 0 spiro atoms. The third kappa shape index (κ3) is 3.90. The predicted molar refractivity (Wildman–Crippen MR) is 91.4 cm³/mol. The molecule has 23 heavy (non-hydrogen) atoms. The van der Waals surface area contributed by atoms with E-state index in [1.54, 1.807) is 0 Å². The van der Waals surface area contributed by atoms with Crippen LogP contribution in [0.2, 0.25) is 0 Å². The van der Waals surface area contributed by atoms with Gasteiger partial charge in [-0.1, -0.05) is 12.8 Å². The number of aliphatic hydroxyl groups is 1. The Bertz CT molecular complexity index is 652. The Hall–Kier alpha value is -1.46. The van der Waals surface area contributed by atoms with E-state index in [1.807, 2.05) is 13.1 Å². The third-order valence-corrected chi connectivity index (χ3v) is 4.97. The number of hydrogen-bond donors (Lipinski definition) is 2. The fourth-order valence-electron chi connectivity index (χ4n) is 3.75. The van der Waals surface area contributed by atoms with E-state index < -0.39 is 0 Å². The van der Waals surface area contributed by atoms with Crippen LogP contribution in [0.4, 0.5) is 0 Å². The number of nitrogens with zero attached hydrogens (tertiary/aromatic N) is 3. The van der Waals surface area contributed by atoms with E-state index in [0.29, 0.717) is 5.92 Å². The normalized spacial score (nSPS) is 21.9. The summed E-state index contributed by atoms with van der Waals surface area (Å²) in [6, 6.07) is 2.09. The van der Waals surface area contributed by atoms with Gasteiger partial charge in [-0.15, -0.1) is 0 Å². The van der Waals surface area contributed by atoms with Crippen LogP contribution in [0, 0.1) is 19.8 Å². The number of aliphatic hydroxyl groups excluding tert-OH is 1. The first-order valence-electron chi connectivity index (χ1n) is 8.84. The van der Waals surface area contributed by atoms with Crippen molar-refractivity contribution < 1.29 is 5.11 Å². The lowest BCUT2D eigenvalue weighted by Crippen LogP contribution is -2.25. The van der Waals surface area contributed by atoms with Gasteiger partial charge in [0, 0.05) is 17.9 Å². The molecule has 126 valence electrons. The summed E-state index contributed by atoms with van der Waals surface area (Å²) in [6.45, 7) is 5.88. The molecular weight excluding hydrogens is 288 g/mol. The smallest absolute Gasteiger partial charge is 0.234 e. The lowest BCUT2D eigenvalue weighted by Gasteiger charge is -2.27. The molecule has 1 saturated carbocycles. The Kier molecular flexibility index (Phi) is 5.28. The number of fused-ring (bicyclic) bond motifs is 1. The summed E-state index contributed by atoms with van der Waals surface area (Å²) in [5.41, 5.74) is 3.33. The summed E-state index contributed by atoms with van der Waals surface area (Å²) in [4.78, 5) is 8.87. The highest BCUT2D eigenvalue weighted by molar-refractivity contribution is 5.35. The molecule has 0 saturated heterocycles.